The average Bonchev–Trinajstić information content (AvgIpc) is 2.66. The van der Waals surface area contributed by atoms with Crippen molar-refractivity contribution in [2.45, 2.75) is 33.5 Å². The van der Waals surface area contributed by atoms with Crippen LogP contribution in [-0.4, -0.2) is 10.3 Å². The van der Waals surface area contributed by atoms with Crippen molar-refractivity contribution >= 4 is 15.9 Å². The van der Waals surface area contributed by atoms with Crippen LogP contribution in [0.25, 0.3) is 0 Å². The van der Waals surface area contributed by atoms with Gasteiger partial charge in [0.2, 0.25) is 0 Å². The molecule has 19 heavy (non-hydrogen) atoms. The summed E-state index contributed by atoms with van der Waals surface area (Å²) in [5.74, 6) is 1.41. The van der Waals surface area contributed by atoms with E-state index in [2.05, 4.69) is 21.1 Å². The standard InChI is InChI=1S/C14H16BrNO3/c1-8-13(10(3)19-16-8)7-18-14-6-11(15)4-5-12(14)9(2)17/h4-6,9,17H,7H2,1-3H3/t9-/m1/s1. The Balaban J connectivity index is 2.22. The summed E-state index contributed by atoms with van der Waals surface area (Å²) in [6.45, 7) is 5.82. The zero-order valence-electron chi connectivity index (χ0n) is 11.1. The molecule has 0 unspecified atom stereocenters. The van der Waals surface area contributed by atoms with Crippen molar-refractivity contribution in [3.63, 3.8) is 0 Å². The van der Waals surface area contributed by atoms with E-state index >= 15 is 0 Å². The van der Waals surface area contributed by atoms with E-state index in [0.29, 0.717) is 12.4 Å². The fraction of sp³-hybridized carbons (Fsp3) is 0.357. The predicted octanol–water partition coefficient (Wildman–Crippen LogP) is 3.69. The highest BCUT2D eigenvalue weighted by Gasteiger charge is 2.13. The molecule has 0 fully saturated rings. The van der Waals surface area contributed by atoms with Crippen molar-refractivity contribution in [3.8, 4) is 5.75 Å². The molecule has 2 rings (SSSR count). The summed E-state index contributed by atoms with van der Waals surface area (Å²) in [4.78, 5) is 0. The van der Waals surface area contributed by atoms with Gasteiger partial charge in [0.05, 0.1) is 17.4 Å². The van der Waals surface area contributed by atoms with Gasteiger partial charge in [0, 0.05) is 10.0 Å². The van der Waals surface area contributed by atoms with E-state index in [1.54, 1.807) is 6.92 Å². The van der Waals surface area contributed by atoms with Gasteiger partial charge in [-0.05, 0) is 32.9 Å². The minimum absolute atomic E-state index is 0.372. The van der Waals surface area contributed by atoms with Crippen LogP contribution >= 0.6 is 15.9 Å². The summed E-state index contributed by atoms with van der Waals surface area (Å²) in [6, 6.07) is 5.57. The fourth-order valence-corrected chi connectivity index (χ4v) is 2.18. The van der Waals surface area contributed by atoms with Crippen LogP contribution in [0.15, 0.2) is 27.2 Å². The van der Waals surface area contributed by atoms with E-state index < -0.39 is 6.10 Å². The fourth-order valence-electron chi connectivity index (χ4n) is 1.84. The lowest BCUT2D eigenvalue weighted by atomic mass is 10.1. The zero-order valence-corrected chi connectivity index (χ0v) is 12.7. The van der Waals surface area contributed by atoms with E-state index in [1.165, 1.54) is 0 Å². The lowest BCUT2D eigenvalue weighted by Crippen LogP contribution is -2.02. The first kappa shape index (κ1) is 14.1. The van der Waals surface area contributed by atoms with Gasteiger partial charge in [-0.25, -0.2) is 0 Å². The molecule has 0 radical (unpaired) electrons. The second kappa shape index (κ2) is 5.75. The van der Waals surface area contributed by atoms with Crippen LogP contribution in [0, 0.1) is 13.8 Å². The number of hydrogen-bond donors (Lipinski definition) is 1. The Labute approximate surface area is 120 Å². The average molecular weight is 326 g/mol. The first-order chi connectivity index (χ1) is 8.99. The van der Waals surface area contributed by atoms with E-state index in [-0.39, 0.29) is 0 Å². The number of aryl methyl sites for hydroxylation is 2. The third kappa shape index (κ3) is 3.16. The highest BCUT2D eigenvalue weighted by Crippen LogP contribution is 2.29. The van der Waals surface area contributed by atoms with Gasteiger partial charge in [-0.2, -0.15) is 0 Å². The predicted molar refractivity (Wildman–Crippen MR) is 75.1 cm³/mol. The lowest BCUT2D eigenvalue weighted by molar-refractivity contribution is 0.190. The van der Waals surface area contributed by atoms with Crippen LogP contribution < -0.4 is 4.74 Å². The van der Waals surface area contributed by atoms with Crippen LogP contribution in [0.1, 0.15) is 35.6 Å². The molecule has 4 nitrogen and oxygen atoms in total. The monoisotopic (exact) mass is 325 g/mol. The molecule has 0 saturated heterocycles. The molecule has 0 bridgehead atoms. The highest BCUT2D eigenvalue weighted by atomic mass is 79.9. The number of ether oxygens (including phenoxy) is 1. The van der Waals surface area contributed by atoms with Crippen LogP contribution in [0.2, 0.25) is 0 Å². The molecule has 102 valence electrons. The number of nitrogens with zero attached hydrogens (tertiary/aromatic N) is 1. The number of rotatable bonds is 4. The third-order valence-electron chi connectivity index (χ3n) is 2.98. The third-order valence-corrected chi connectivity index (χ3v) is 3.47. The molecule has 1 N–H and O–H groups in total. The van der Waals surface area contributed by atoms with Crippen molar-refractivity contribution in [2.75, 3.05) is 0 Å². The first-order valence-corrected chi connectivity index (χ1v) is 6.80. The van der Waals surface area contributed by atoms with E-state index in [0.717, 1.165) is 27.1 Å². The van der Waals surface area contributed by atoms with E-state index in [4.69, 9.17) is 9.26 Å². The van der Waals surface area contributed by atoms with Gasteiger partial charge >= 0.3 is 0 Å². The number of aliphatic hydroxyl groups excluding tert-OH is 1. The molecule has 2 aromatic rings. The Bertz CT molecular complexity index is 559. The van der Waals surface area contributed by atoms with Gasteiger partial charge in [0.1, 0.15) is 18.1 Å². The summed E-state index contributed by atoms with van der Waals surface area (Å²) in [7, 11) is 0. The number of aliphatic hydroxyl groups is 1. The Morgan fingerprint density at radius 2 is 2.16 bits per heavy atom. The Hall–Kier alpha value is -1.33. The lowest BCUT2D eigenvalue weighted by Gasteiger charge is -2.13. The second-order valence-corrected chi connectivity index (χ2v) is 5.37. The van der Waals surface area contributed by atoms with Crippen LogP contribution in [0.4, 0.5) is 0 Å². The number of aromatic nitrogens is 1. The molecular weight excluding hydrogens is 310 g/mol. The van der Waals surface area contributed by atoms with Crippen LogP contribution in [-0.2, 0) is 6.61 Å². The summed E-state index contributed by atoms with van der Waals surface area (Å²) in [6.07, 6.45) is -0.576. The van der Waals surface area contributed by atoms with Crippen molar-refractivity contribution in [3.05, 3.63) is 45.3 Å². The largest absolute Gasteiger partial charge is 0.488 e. The number of hydrogen-bond acceptors (Lipinski definition) is 4. The molecule has 1 atom stereocenters. The molecule has 0 aliphatic rings. The minimum Gasteiger partial charge on any atom is -0.488 e. The van der Waals surface area contributed by atoms with Gasteiger partial charge in [0.25, 0.3) is 0 Å². The van der Waals surface area contributed by atoms with E-state index in [9.17, 15) is 5.11 Å². The normalized spacial score (nSPS) is 12.5. The zero-order chi connectivity index (χ0) is 14.0. The van der Waals surface area contributed by atoms with Crippen LogP contribution in [0.3, 0.4) is 0 Å². The summed E-state index contributed by atoms with van der Waals surface area (Å²) < 4.78 is 11.8. The maximum atomic E-state index is 9.74. The quantitative estimate of drug-likeness (QED) is 0.931. The Morgan fingerprint density at radius 3 is 2.74 bits per heavy atom. The van der Waals surface area contributed by atoms with Crippen LogP contribution in [0.5, 0.6) is 5.75 Å². The number of halogens is 1. The van der Waals surface area contributed by atoms with Crippen molar-refractivity contribution < 1.29 is 14.4 Å². The smallest absolute Gasteiger partial charge is 0.140 e. The summed E-state index contributed by atoms with van der Waals surface area (Å²) >= 11 is 3.40. The van der Waals surface area contributed by atoms with Crippen molar-refractivity contribution in [2.24, 2.45) is 0 Å². The summed E-state index contributed by atoms with van der Waals surface area (Å²) in [5.41, 5.74) is 2.53. The molecular formula is C14H16BrNO3. The van der Waals surface area contributed by atoms with Gasteiger partial charge in [-0.3, -0.25) is 0 Å². The minimum atomic E-state index is -0.576. The topological polar surface area (TPSA) is 55.5 Å². The molecule has 1 heterocycles. The van der Waals surface area contributed by atoms with Gasteiger partial charge in [0.15, 0.2) is 0 Å². The van der Waals surface area contributed by atoms with Gasteiger partial charge < -0.3 is 14.4 Å². The first-order valence-electron chi connectivity index (χ1n) is 6.01. The van der Waals surface area contributed by atoms with E-state index in [1.807, 2.05) is 32.0 Å². The molecule has 0 aliphatic heterocycles. The maximum Gasteiger partial charge on any atom is 0.140 e. The molecule has 0 saturated carbocycles. The Kier molecular flexibility index (Phi) is 4.27. The second-order valence-electron chi connectivity index (χ2n) is 4.45. The molecule has 1 aromatic carbocycles. The van der Waals surface area contributed by atoms with Gasteiger partial charge in [-0.1, -0.05) is 27.2 Å². The molecule has 0 aliphatic carbocycles. The SMILES string of the molecule is Cc1noc(C)c1COc1cc(Br)ccc1[C@@H](C)O. The maximum absolute atomic E-state index is 9.74. The van der Waals surface area contributed by atoms with Gasteiger partial charge in [-0.15, -0.1) is 0 Å². The molecule has 0 spiro atoms. The van der Waals surface area contributed by atoms with Crippen molar-refractivity contribution in [1.29, 1.82) is 0 Å². The molecule has 0 amide bonds. The summed E-state index contributed by atoms with van der Waals surface area (Å²) in [5, 5.41) is 13.6. The number of benzene rings is 1. The highest BCUT2D eigenvalue weighted by molar-refractivity contribution is 9.10. The molecule has 1 aromatic heterocycles. The van der Waals surface area contributed by atoms with Crippen molar-refractivity contribution in [1.82, 2.24) is 5.16 Å². The Morgan fingerprint density at radius 1 is 1.42 bits per heavy atom. The molecule has 5 heteroatoms.